The highest BCUT2D eigenvalue weighted by Crippen LogP contribution is 2.36. The molecule has 0 aromatic carbocycles. The topological polar surface area (TPSA) is 44.7 Å². The Hall–Kier alpha value is -0.160. The van der Waals surface area contributed by atoms with Crippen molar-refractivity contribution in [1.29, 1.82) is 0 Å². The normalized spacial score (nSPS) is 25.9. The van der Waals surface area contributed by atoms with Crippen molar-refractivity contribution in [3.05, 3.63) is 0 Å². The maximum Gasteiger partial charge on any atom is 0.0587 e. The van der Waals surface area contributed by atoms with Crippen LogP contribution in [-0.2, 0) is 4.74 Å². The third-order valence-corrected chi connectivity index (χ3v) is 3.38. The summed E-state index contributed by atoms with van der Waals surface area (Å²) in [6.45, 7) is 9.94. The number of nitrogens with one attached hydrogen (secondary N) is 1. The van der Waals surface area contributed by atoms with Crippen LogP contribution in [0.15, 0.2) is 0 Å². The second-order valence-corrected chi connectivity index (χ2v) is 5.99. The van der Waals surface area contributed by atoms with Gasteiger partial charge in [0.2, 0.25) is 0 Å². The van der Waals surface area contributed by atoms with E-state index in [0.29, 0.717) is 6.04 Å². The summed E-state index contributed by atoms with van der Waals surface area (Å²) in [5.41, 5.74) is -0.348. The van der Waals surface area contributed by atoms with E-state index in [0.717, 1.165) is 26.0 Å². The molecule has 2 N–H and O–H groups in total. The van der Waals surface area contributed by atoms with Gasteiger partial charge < -0.3 is 15.3 Å². The Balaban J connectivity index is 2.57. The minimum absolute atomic E-state index is 0.174. The van der Waals surface area contributed by atoms with Gasteiger partial charge in [-0.2, -0.15) is 5.06 Å². The van der Waals surface area contributed by atoms with Gasteiger partial charge in [0.05, 0.1) is 6.61 Å². The third kappa shape index (κ3) is 3.17. The Labute approximate surface area is 98.9 Å². The molecule has 96 valence electrons. The second kappa shape index (κ2) is 5.00. The zero-order valence-electron chi connectivity index (χ0n) is 11.2. The van der Waals surface area contributed by atoms with Gasteiger partial charge in [-0.25, -0.2) is 0 Å². The first-order valence-electron chi connectivity index (χ1n) is 6.01. The largest absolute Gasteiger partial charge is 0.383 e. The molecule has 0 unspecified atom stereocenters. The van der Waals surface area contributed by atoms with Crippen LogP contribution < -0.4 is 5.32 Å². The maximum atomic E-state index is 10.1. The van der Waals surface area contributed by atoms with Crippen molar-refractivity contribution in [2.24, 2.45) is 0 Å². The molecule has 0 aromatic heterocycles. The first-order valence-corrected chi connectivity index (χ1v) is 6.01. The molecule has 0 amide bonds. The van der Waals surface area contributed by atoms with E-state index < -0.39 is 0 Å². The molecule has 0 spiro atoms. The van der Waals surface area contributed by atoms with Gasteiger partial charge in [0.25, 0.3) is 0 Å². The molecule has 1 aliphatic heterocycles. The SMILES string of the molecule is COCCNC1CC(C)(C)N(O)C(C)(C)C1. The van der Waals surface area contributed by atoms with Crippen molar-refractivity contribution in [3.63, 3.8) is 0 Å². The minimum Gasteiger partial charge on any atom is -0.383 e. The molecule has 0 bridgehead atoms. The highest BCUT2D eigenvalue weighted by atomic mass is 16.5. The molecule has 1 rings (SSSR count). The highest BCUT2D eigenvalue weighted by molar-refractivity contribution is 4.98. The molecule has 4 heteroatoms. The summed E-state index contributed by atoms with van der Waals surface area (Å²) in [5.74, 6) is 0. The fourth-order valence-corrected chi connectivity index (χ4v) is 2.78. The molecule has 16 heavy (non-hydrogen) atoms. The van der Waals surface area contributed by atoms with E-state index in [4.69, 9.17) is 4.74 Å². The number of rotatable bonds is 4. The fourth-order valence-electron chi connectivity index (χ4n) is 2.78. The first-order chi connectivity index (χ1) is 7.29. The minimum atomic E-state index is -0.174. The number of hydroxylamine groups is 2. The lowest BCUT2D eigenvalue weighted by molar-refractivity contribution is -0.246. The predicted molar refractivity (Wildman–Crippen MR) is 64.7 cm³/mol. The summed E-state index contributed by atoms with van der Waals surface area (Å²) >= 11 is 0. The zero-order chi connectivity index (χ0) is 12.4. The first kappa shape index (κ1) is 13.9. The summed E-state index contributed by atoms with van der Waals surface area (Å²) in [4.78, 5) is 0. The lowest BCUT2D eigenvalue weighted by Crippen LogP contribution is -2.62. The lowest BCUT2D eigenvalue weighted by Gasteiger charge is -2.51. The molecular weight excluding hydrogens is 204 g/mol. The molecule has 1 fully saturated rings. The number of nitrogens with zero attached hydrogens (tertiary/aromatic N) is 1. The molecule has 1 saturated heterocycles. The third-order valence-electron chi connectivity index (χ3n) is 3.38. The molecule has 0 saturated carbocycles. The molecule has 0 aliphatic carbocycles. The van der Waals surface area contributed by atoms with Gasteiger partial charge in [0, 0.05) is 30.8 Å². The van der Waals surface area contributed by atoms with E-state index >= 15 is 0 Å². The van der Waals surface area contributed by atoms with E-state index in [2.05, 4.69) is 33.0 Å². The van der Waals surface area contributed by atoms with Gasteiger partial charge in [-0.05, 0) is 40.5 Å². The monoisotopic (exact) mass is 230 g/mol. The predicted octanol–water partition coefficient (Wildman–Crippen LogP) is 1.63. The van der Waals surface area contributed by atoms with Gasteiger partial charge >= 0.3 is 0 Å². The standard InChI is InChI=1S/C12H26N2O2/c1-11(2)8-10(13-6-7-16-5)9-12(3,4)14(11)15/h10,13,15H,6-9H2,1-5H3. The smallest absolute Gasteiger partial charge is 0.0587 e. The summed E-state index contributed by atoms with van der Waals surface area (Å²) in [6.07, 6.45) is 1.91. The molecule has 1 aliphatic rings. The Bertz CT molecular complexity index is 211. The number of piperidine rings is 1. The van der Waals surface area contributed by atoms with Gasteiger partial charge in [-0.15, -0.1) is 0 Å². The molecular formula is C12H26N2O2. The van der Waals surface area contributed by atoms with Crippen molar-refractivity contribution in [2.45, 2.75) is 57.7 Å². The second-order valence-electron chi connectivity index (χ2n) is 5.99. The Morgan fingerprint density at radius 2 is 1.75 bits per heavy atom. The quantitative estimate of drug-likeness (QED) is 0.721. The molecule has 1 heterocycles. The average molecular weight is 230 g/mol. The summed E-state index contributed by atoms with van der Waals surface area (Å²) in [6, 6.07) is 0.448. The van der Waals surface area contributed by atoms with Crippen LogP contribution in [0.3, 0.4) is 0 Å². The molecule has 0 aromatic rings. The Kier molecular flexibility index (Phi) is 4.35. The van der Waals surface area contributed by atoms with E-state index in [-0.39, 0.29) is 11.1 Å². The fraction of sp³-hybridized carbons (Fsp3) is 1.00. The van der Waals surface area contributed by atoms with Crippen LogP contribution in [0.5, 0.6) is 0 Å². The van der Waals surface area contributed by atoms with Crippen molar-refractivity contribution in [1.82, 2.24) is 10.4 Å². The maximum absolute atomic E-state index is 10.1. The van der Waals surface area contributed by atoms with Crippen LogP contribution in [0.4, 0.5) is 0 Å². The molecule has 0 atom stereocenters. The van der Waals surface area contributed by atoms with Crippen LogP contribution in [0.2, 0.25) is 0 Å². The number of ether oxygens (including phenoxy) is 1. The lowest BCUT2D eigenvalue weighted by atomic mass is 9.79. The average Bonchev–Trinajstić information content (AvgIpc) is 2.14. The van der Waals surface area contributed by atoms with E-state index in [1.807, 2.05) is 0 Å². The van der Waals surface area contributed by atoms with Crippen molar-refractivity contribution in [3.8, 4) is 0 Å². The van der Waals surface area contributed by atoms with Crippen molar-refractivity contribution in [2.75, 3.05) is 20.3 Å². The van der Waals surface area contributed by atoms with Gasteiger partial charge in [-0.1, -0.05) is 0 Å². The van der Waals surface area contributed by atoms with Crippen LogP contribution in [-0.4, -0.2) is 47.7 Å². The van der Waals surface area contributed by atoms with E-state index in [9.17, 15) is 5.21 Å². The Morgan fingerprint density at radius 1 is 1.25 bits per heavy atom. The van der Waals surface area contributed by atoms with Crippen LogP contribution in [0.25, 0.3) is 0 Å². The number of hydrogen-bond donors (Lipinski definition) is 2. The molecule has 4 nitrogen and oxygen atoms in total. The van der Waals surface area contributed by atoms with Crippen LogP contribution in [0.1, 0.15) is 40.5 Å². The van der Waals surface area contributed by atoms with E-state index in [1.54, 1.807) is 7.11 Å². The number of hydrogen-bond acceptors (Lipinski definition) is 4. The number of methoxy groups -OCH3 is 1. The van der Waals surface area contributed by atoms with Gasteiger partial charge in [0.15, 0.2) is 0 Å². The Morgan fingerprint density at radius 3 is 2.19 bits per heavy atom. The zero-order valence-corrected chi connectivity index (χ0v) is 11.2. The van der Waals surface area contributed by atoms with Gasteiger partial charge in [-0.3, -0.25) is 0 Å². The van der Waals surface area contributed by atoms with Crippen molar-refractivity contribution < 1.29 is 9.94 Å². The summed E-state index contributed by atoms with van der Waals surface area (Å²) < 4.78 is 5.04. The van der Waals surface area contributed by atoms with Crippen LogP contribution >= 0.6 is 0 Å². The highest BCUT2D eigenvalue weighted by Gasteiger charge is 2.44. The van der Waals surface area contributed by atoms with Crippen LogP contribution in [0, 0.1) is 0 Å². The van der Waals surface area contributed by atoms with Crippen molar-refractivity contribution >= 4 is 0 Å². The summed E-state index contributed by atoms with van der Waals surface area (Å²) in [7, 11) is 1.71. The molecule has 0 radical (unpaired) electrons. The van der Waals surface area contributed by atoms with E-state index in [1.165, 1.54) is 5.06 Å². The van der Waals surface area contributed by atoms with Gasteiger partial charge in [0.1, 0.15) is 0 Å². The summed E-state index contributed by atoms with van der Waals surface area (Å²) in [5, 5.41) is 15.1.